The molecule has 0 saturated heterocycles. The van der Waals surface area contributed by atoms with Gasteiger partial charge in [0.1, 0.15) is 5.75 Å². The van der Waals surface area contributed by atoms with Crippen molar-refractivity contribution < 1.29 is 4.74 Å². The SMILES string of the molecule is CCCCOc1cnnc2ccc(I)cc12. The van der Waals surface area contributed by atoms with Gasteiger partial charge in [-0.2, -0.15) is 10.2 Å². The first kappa shape index (κ1) is 11.6. The Balaban J connectivity index is 2.32. The molecule has 4 heteroatoms. The van der Waals surface area contributed by atoms with Gasteiger partial charge in [0.05, 0.1) is 18.3 Å². The minimum atomic E-state index is 0.739. The molecular weight excluding hydrogens is 315 g/mol. The Kier molecular flexibility index (Phi) is 3.93. The van der Waals surface area contributed by atoms with Crippen molar-refractivity contribution in [1.82, 2.24) is 10.2 Å². The summed E-state index contributed by atoms with van der Waals surface area (Å²) in [5.74, 6) is 0.831. The van der Waals surface area contributed by atoms with Crippen molar-refractivity contribution in [2.24, 2.45) is 0 Å². The highest BCUT2D eigenvalue weighted by Gasteiger charge is 2.04. The van der Waals surface area contributed by atoms with Gasteiger partial charge in [-0.1, -0.05) is 13.3 Å². The molecule has 0 unspecified atom stereocenters. The standard InChI is InChI=1S/C12H13IN2O/c1-2-3-6-16-12-8-14-15-11-5-4-9(13)7-10(11)12/h4-5,7-8H,2-3,6H2,1H3. The van der Waals surface area contributed by atoms with Crippen LogP contribution in [0.4, 0.5) is 0 Å². The lowest BCUT2D eigenvalue weighted by atomic mass is 10.2. The molecule has 2 aromatic rings. The lowest BCUT2D eigenvalue weighted by Crippen LogP contribution is -1.98. The molecule has 0 N–H and O–H groups in total. The van der Waals surface area contributed by atoms with Gasteiger partial charge >= 0.3 is 0 Å². The summed E-state index contributed by atoms with van der Waals surface area (Å²) in [5.41, 5.74) is 0.884. The predicted molar refractivity (Wildman–Crippen MR) is 72.7 cm³/mol. The molecule has 0 atom stereocenters. The van der Waals surface area contributed by atoms with E-state index in [2.05, 4.69) is 45.8 Å². The first-order valence-corrected chi connectivity index (χ1v) is 6.43. The quantitative estimate of drug-likeness (QED) is 0.637. The van der Waals surface area contributed by atoms with Crippen molar-refractivity contribution in [3.8, 4) is 5.75 Å². The highest BCUT2D eigenvalue weighted by molar-refractivity contribution is 14.1. The maximum Gasteiger partial charge on any atom is 0.148 e. The van der Waals surface area contributed by atoms with Crippen LogP contribution in [-0.4, -0.2) is 16.8 Å². The zero-order valence-corrected chi connectivity index (χ0v) is 11.3. The summed E-state index contributed by atoms with van der Waals surface area (Å²) in [7, 11) is 0. The average molecular weight is 328 g/mol. The Bertz CT molecular complexity index is 487. The summed E-state index contributed by atoms with van der Waals surface area (Å²) in [6, 6.07) is 6.07. The third-order valence-electron chi connectivity index (χ3n) is 2.32. The molecule has 0 spiro atoms. The summed E-state index contributed by atoms with van der Waals surface area (Å²) in [6.07, 6.45) is 3.88. The van der Waals surface area contributed by atoms with E-state index in [1.807, 2.05) is 12.1 Å². The summed E-state index contributed by atoms with van der Waals surface area (Å²) in [5, 5.41) is 9.06. The summed E-state index contributed by atoms with van der Waals surface area (Å²) < 4.78 is 6.89. The number of fused-ring (bicyclic) bond motifs is 1. The Morgan fingerprint density at radius 1 is 1.38 bits per heavy atom. The highest BCUT2D eigenvalue weighted by Crippen LogP contribution is 2.24. The number of rotatable bonds is 4. The molecule has 0 radical (unpaired) electrons. The van der Waals surface area contributed by atoms with Crippen molar-refractivity contribution in [3.05, 3.63) is 28.0 Å². The minimum Gasteiger partial charge on any atom is -0.491 e. The number of hydrogen-bond donors (Lipinski definition) is 0. The van der Waals surface area contributed by atoms with E-state index in [1.165, 1.54) is 3.57 Å². The van der Waals surface area contributed by atoms with Gasteiger partial charge < -0.3 is 4.74 Å². The zero-order chi connectivity index (χ0) is 11.4. The molecule has 3 nitrogen and oxygen atoms in total. The Morgan fingerprint density at radius 2 is 2.25 bits per heavy atom. The number of halogens is 1. The molecule has 2 rings (SSSR count). The molecule has 0 aliphatic rings. The van der Waals surface area contributed by atoms with Crippen LogP contribution in [0.1, 0.15) is 19.8 Å². The van der Waals surface area contributed by atoms with Gasteiger partial charge in [0.15, 0.2) is 0 Å². The van der Waals surface area contributed by atoms with Crippen LogP contribution in [0, 0.1) is 3.57 Å². The lowest BCUT2D eigenvalue weighted by Gasteiger charge is -2.07. The normalized spacial score (nSPS) is 10.6. The van der Waals surface area contributed by atoms with Crippen molar-refractivity contribution >= 4 is 33.5 Å². The van der Waals surface area contributed by atoms with Gasteiger partial charge in [-0.05, 0) is 47.2 Å². The molecule has 0 aliphatic carbocycles. The first-order chi connectivity index (χ1) is 7.81. The monoisotopic (exact) mass is 328 g/mol. The van der Waals surface area contributed by atoms with E-state index in [9.17, 15) is 0 Å². The number of nitrogens with zero attached hydrogens (tertiary/aromatic N) is 2. The van der Waals surface area contributed by atoms with Gasteiger partial charge in [0.25, 0.3) is 0 Å². The van der Waals surface area contributed by atoms with Crippen molar-refractivity contribution in [3.63, 3.8) is 0 Å². The van der Waals surface area contributed by atoms with Crippen LogP contribution in [0.15, 0.2) is 24.4 Å². The van der Waals surface area contributed by atoms with E-state index in [4.69, 9.17) is 4.74 Å². The van der Waals surface area contributed by atoms with Gasteiger partial charge in [0, 0.05) is 8.96 Å². The van der Waals surface area contributed by atoms with E-state index in [0.717, 1.165) is 36.1 Å². The number of hydrogen-bond acceptors (Lipinski definition) is 3. The summed E-state index contributed by atoms with van der Waals surface area (Å²) >= 11 is 2.29. The molecule has 16 heavy (non-hydrogen) atoms. The van der Waals surface area contributed by atoms with Crippen LogP contribution < -0.4 is 4.74 Å². The van der Waals surface area contributed by atoms with E-state index < -0.39 is 0 Å². The highest BCUT2D eigenvalue weighted by atomic mass is 127. The molecule has 1 heterocycles. The van der Waals surface area contributed by atoms with Crippen LogP contribution in [0.2, 0.25) is 0 Å². The largest absolute Gasteiger partial charge is 0.491 e. The fraction of sp³-hybridized carbons (Fsp3) is 0.333. The Morgan fingerprint density at radius 3 is 3.06 bits per heavy atom. The van der Waals surface area contributed by atoms with Crippen molar-refractivity contribution in [2.75, 3.05) is 6.61 Å². The third kappa shape index (κ3) is 2.61. The third-order valence-corrected chi connectivity index (χ3v) is 2.99. The predicted octanol–water partition coefficient (Wildman–Crippen LogP) is 3.41. The van der Waals surface area contributed by atoms with Crippen molar-refractivity contribution in [1.29, 1.82) is 0 Å². The second-order valence-electron chi connectivity index (χ2n) is 3.57. The van der Waals surface area contributed by atoms with E-state index in [1.54, 1.807) is 6.20 Å². The fourth-order valence-corrected chi connectivity index (χ4v) is 1.94. The number of ether oxygens (including phenoxy) is 1. The van der Waals surface area contributed by atoms with Crippen LogP contribution in [0.3, 0.4) is 0 Å². The average Bonchev–Trinajstić information content (AvgIpc) is 2.30. The van der Waals surface area contributed by atoms with Gasteiger partial charge in [-0.25, -0.2) is 0 Å². The van der Waals surface area contributed by atoms with Crippen LogP contribution in [0.5, 0.6) is 5.75 Å². The second-order valence-corrected chi connectivity index (χ2v) is 4.82. The van der Waals surface area contributed by atoms with Gasteiger partial charge in [-0.3, -0.25) is 0 Å². The van der Waals surface area contributed by atoms with Gasteiger partial charge in [0.2, 0.25) is 0 Å². The van der Waals surface area contributed by atoms with Crippen LogP contribution in [0.25, 0.3) is 10.9 Å². The molecule has 84 valence electrons. The molecule has 1 aromatic carbocycles. The topological polar surface area (TPSA) is 35.0 Å². The zero-order valence-electron chi connectivity index (χ0n) is 9.11. The molecule has 0 fully saturated rings. The molecule has 0 aliphatic heterocycles. The second kappa shape index (κ2) is 5.43. The molecule has 0 bridgehead atoms. The fourth-order valence-electron chi connectivity index (χ4n) is 1.45. The van der Waals surface area contributed by atoms with Gasteiger partial charge in [-0.15, -0.1) is 0 Å². The summed E-state index contributed by atoms with van der Waals surface area (Å²) in [4.78, 5) is 0. The maximum atomic E-state index is 5.71. The minimum absolute atomic E-state index is 0.739. The van der Waals surface area contributed by atoms with Crippen LogP contribution >= 0.6 is 22.6 Å². The van der Waals surface area contributed by atoms with Crippen LogP contribution in [-0.2, 0) is 0 Å². The number of unbranched alkanes of at least 4 members (excludes halogenated alkanes) is 1. The van der Waals surface area contributed by atoms with E-state index >= 15 is 0 Å². The lowest BCUT2D eigenvalue weighted by molar-refractivity contribution is 0.311. The number of benzene rings is 1. The first-order valence-electron chi connectivity index (χ1n) is 5.35. The molecule has 0 saturated carbocycles. The number of aromatic nitrogens is 2. The van der Waals surface area contributed by atoms with Crippen molar-refractivity contribution in [2.45, 2.75) is 19.8 Å². The smallest absolute Gasteiger partial charge is 0.148 e. The molecule has 0 amide bonds. The molecular formula is C12H13IN2O. The summed E-state index contributed by atoms with van der Waals surface area (Å²) in [6.45, 7) is 2.89. The Labute approximate surface area is 108 Å². The Hall–Kier alpha value is -0.910. The van der Waals surface area contributed by atoms with E-state index in [-0.39, 0.29) is 0 Å². The molecule has 1 aromatic heterocycles. The van der Waals surface area contributed by atoms with E-state index in [0.29, 0.717) is 0 Å². The maximum absolute atomic E-state index is 5.71.